The minimum absolute atomic E-state index is 0.790. The van der Waals surface area contributed by atoms with Crippen molar-refractivity contribution in [2.45, 2.75) is 26.7 Å². The van der Waals surface area contributed by atoms with Crippen LogP contribution in [0.2, 0.25) is 0 Å². The van der Waals surface area contributed by atoms with E-state index >= 15 is 0 Å². The molecule has 2 aromatic rings. The van der Waals surface area contributed by atoms with Gasteiger partial charge in [0.25, 0.3) is 0 Å². The highest BCUT2D eigenvalue weighted by Gasteiger charge is 2.20. The molecular formula is C16H20N2S. The van der Waals surface area contributed by atoms with Crippen molar-refractivity contribution in [2.24, 2.45) is 5.92 Å². The SMILES string of the molecule is Cc1sc(N2CCCC(C)C2)nc1-c1ccccc1. The van der Waals surface area contributed by atoms with Gasteiger partial charge in [-0.15, -0.1) is 11.3 Å². The first-order valence-electron chi connectivity index (χ1n) is 7.02. The van der Waals surface area contributed by atoms with Crippen molar-refractivity contribution in [3.05, 3.63) is 35.2 Å². The Morgan fingerprint density at radius 1 is 1.26 bits per heavy atom. The van der Waals surface area contributed by atoms with Crippen LogP contribution >= 0.6 is 11.3 Å². The zero-order chi connectivity index (χ0) is 13.2. The molecule has 0 radical (unpaired) electrons. The Labute approximate surface area is 119 Å². The molecule has 1 atom stereocenters. The number of rotatable bonds is 2. The van der Waals surface area contributed by atoms with Crippen molar-refractivity contribution in [1.82, 2.24) is 4.98 Å². The summed E-state index contributed by atoms with van der Waals surface area (Å²) < 4.78 is 0. The molecule has 1 aliphatic heterocycles. The molecular weight excluding hydrogens is 252 g/mol. The van der Waals surface area contributed by atoms with Crippen LogP contribution < -0.4 is 4.90 Å². The molecule has 0 bridgehead atoms. The van der Waals surface area contributed by atoms with E-state index in [2.05, 4.69) is 49.1 Å². The lowest BCUT2D eigenvalue weighted by Crippen LogP contribution is -2.34. The van der Waals surface area contributed by atoms with Gasteiger partial charge in [0, 0.05) is 23.5 Å². The van der Waals surface area contributed by atoms with Gasteiger partial charge in [-0.2, -0.15) is 0 Å². The Morgan fingerprint density at radius 3 is 2.79 bits per heavy atom. The third-order valence-corrected chi connectivity index (χ3v) is 4.79. The molecule has 1 aromatic carbocycles. The van der Waals surface area contributed by atoms with Crippen LogP contribution in [-0.4, -0.2) is 18.1 Å². The van der Waals surface area contributed by atoms with E-state index in [0.717, 1.165) is 24.7 Å². The van der Waals surface area contributed by atoms with E-state index < -0.39 is 0 Å². The molecule has 0 amide bonds. The summed E-state index contributed by atoms with van der Waals surface area (Å²) in [6, 6.07) is 10.5. The fourth-order valence-electron chi connectivity index (χ4n) is 2.74. The summed E-state index contributed by atoms with van der Waals surface area (Å²) in [7, 11) is 0. The van der Waals surface area contributed by atoms with Crippen LogP contribution in [0.3, 0.4) is 0 Å². The fourth-order valence-corrected chi connectivity index (χ4v) is 3.71. The maximum absolute atomic E-state index is 4.88. The second-order valence-electron chi connectivity index (χ2n) is 5.46. The van der Waals surface area contributed by atoms with Crippen LogP contribution in [-0.2, 0) is 0 Å². The van der Waals surface area contributed by atoms with Crippen molar-refractivity contribution in [3.8, 4) is 11.3 Å². The maximum Gasteiger partial charge on any atom is 0.186 e. The standard InChI is InChI=1S/C16H20N2S/c1-12-7-6-10-18(11-12)16-17-15(13(2)19-16)14-8-4-3-5-9-14/h3-5,8-9,12H,6-7,10-11H2,1-2H3. The second-order valence-corrected chi connectivity index (χ2v) is 6.64. The third-order valence-electron chi connectivity index (χ3n) is 3.76. The molecule has 2 nitrogen and oxygen atoms in total. The van der Waals surface area contributed by atoms with E-state index in [4.69, 9.17) is 4.98 Å². The lowest BCUT2D eigenvalue weighted by molar-refractivity contribution is 0.446. The Kier molecular flexibility index (Phi) is 3.56. The molecule has 3 heteroatoms. The first kappa shape index (κ1) is 12.7. The van der Waals surface area contributed by atoms with Crippen molar-refractivity contribution in [3.63, 3.8) is 0 Å². The van der Waals surface area contributed by atoms with E-state index in [1.54, 1.807) is 0 Å². The zero-order valence-electron chi connectivity index (χ0n) is 11.6. The summed E-state index contributed by atoms with van der Waals surface area (Å²) in [5.74, 6) is 0.790. The molecule has 2 heterocycles. The minimum Gasteiger partial charge on any atom is -0.348 e. The van der Waals surface area contributed by atoms with Gasteiger partial charge in [0.1, 0.15) is 0 Å². The Balaban J connectivity index is 1.89. The predicted octanol–water partition coefficient (Wildman–Crippen LogP) is 4.35. The number of aromatic nitrogens is 1. The highest BCUT2D eigenvalue weighted by molar-refractivity contribution is 7.16. The number of benzene rings is 1. The molecule has 1 fully saturated rings. The van der Waals surface area contributed by atoms with Crippen molar-refractivity contribution < 1.29 is 0 Å². The molecule has 0 spiro atoms. The number of hydrogen-bond donors (Lipinski definition) is 0. The summed E-state index contributed by atoms with van der Waals surface area (Å²) in [5.41, 5.74) is 2.38. The first-order chi connectivity index (χ1) is 9.24. The van der Waals surface area contributed by atoms with Gasteiger partial charge in [-0.05, 0) is 25.7 Å². The van der Waals surface area contributed by atoms with Crippen LogP contribution in [0.15, 0.2) is 30.3 Å². The topological polar surface area (TPSA) is 16.1 Å². The van der Waals surface area contributed by atoms with Crippen LogP contribution in [0.1, 0.15) is 24.6 Å². The van der Waals surface area contributed by atoms with Crippen molar-refractivity contribution >= 4 is 16.5 Å². The van der Waals surface area contributed by atoms with Gasteiger partial charge in [-0.25, -0.2) is 4.98 Å². The van der Waals surface area contributed by atoms with Crippen molar-refractivity contribution in [2.75, 3.05) is 18.0 Å². The van der Waals surface area contributed by atoms with Gasteiger partial charge >= 0.3 is 0 Å². The molecule has 1 aliphatic rings. The van der Waals surface area contributed by atoms with Gasteiger partial charge in [0.05, 0.1) is 5.69 Å². The molecule has 0 aliphatic carbocycles. The quantitative estimate of drug-likeness (QED) is 0.807. The molecule has 0 saturated carbocycles. The largest absolute Gasteiger partial charge is 0.348 e. The molecule has 1 unspecified atom stereocenters. The van der Waals surface area contributed by atoms with Gasteiger partial charge in [0.2, 0.25) is 0 Å². The molecule has 100 valence electrons. The number of aryl methyl sites for hydroxylation is 1. The van der Waals surface area contributed by atoms with Crippen molar-refractivity contribution in [1.29, 1.82) is 0 Å². The average Bonchev–Trinajstić information content (AvgIpc) is 2.82. The van der Waals surface area contributed by atoms with E-state index in [0.29, 0.717) is 0 Å². The molecule has 1 aromatic heterocycles. The first-order valence-corrected chi connectivity index (χ1v) is 7.83. The van der Waals surface area contributed by atoms with Gasteiger partial charge < -0.3 is 4.90 Å². The Morgan fingerprint density at radius 2 is 2.05 bits per heavy atom. The number of nitrogens with zero attached hydrogens (tertiary/aromatic N) is 2. The minimum atomic E-state index is 0.790. The maximum atomic E-state index is 4.88. The summed E-state index contributed by atoms with van der Waals surface area (Å²) >= 11 is 1.83. The fraction of sp³-hybridized carbons (Fsp3) is 0.438. The average molecular weight is 272 g/mol. The Hall–Kier alpha value is -1.35. The van der Waals surface area contributed by atoms with Crippen LogP contribution in [0.5, 0.6) is 0 Å². The smallest absolute Gasteiger partial charge is 0.186 e. The highest BCUT2D eigenvalue weighted by Crippen LogP contribution is 2.34. The van der Waals surface area contributed by atoms with Crippen LogP contribution in [0.25, 0.3) is 11.3 Å². The lowest BCUT2D eigenvalue weighted by Gasteiger charge is -2.30. The van der Waals surface area contributed by atoms with Crippen LogP contribution in [0, 0.1) is 12.8 Å². The van der Waals surface area contributed by atoms with E-state index in [1.807, 2.05) is 11.3 Å². The number of thiazole rings is 1. The zero-order valence-corrected chi connectivity index (χ0v) is 12.4. The summed E-state index contributed by atoms with van der Waals surface area (Å²) in [5, 5.41) is 1.20. The Bertz CT molecular complexity index is 547. The monoisotopic (exact) mass is 272 g/mol. The van der Waals surface area contributed by atoms with E-state index in [-0.39, 0.29) is 0 Å². The van der Waals surface area contributed by atoms with Gasteiger partial charge in [0.15, 0.2) is 5.13 Å². The number of anilines is 1. The summed E-state index contributed by atoms with van der Waals surface area (Å²) in [4.78, 5) is 8.66. The number of hydrogen-bond acceptors (Lipinski definition) is 3. The van der Waals surface area contributed by atoms with E-state index in [1.165, 1.54) is 28.4 Å². The third kappa shape index (κ3) is 2.66. The van der Waals surface area contributed by atoms with Gasteiger partial charge in [-0.3, -0.25) is 0 Å². The number of piperidine rings is 1. The summed E-state index contributed by atoms with van der Waals surface area (Å²) in [6.45, 7) is 6.83. The van der Waals surface area contributed by atoms with E-state index in [9.17, 15) is 0 Å². The molecule has 0 N–H and O–H groups in total. The normalized spacial score (nSPS) is 19.7. The lowest BCUT2D eigenvalue weighted by atomic mass is 10.0. The van der Waals surface area contributed by atoms with Gasteiger partial charge in [-0.1, -0.05) is 37.3 Å². The highest BCUT2D eigenvalue weighted by atomic mass is 32.1. The molecule has 19 heavy (non-hydrogen) atoms. The molecule has 1 saturated heterocycles. The second kappa shape index (κ2) is 5.33. The predicted molar refractivity (Wildman–Crippen MR) is 82.9 cm³/mol. The molecule has 3 rings (SSSR count). The summed E-state index contributed by atoms with van der Waals surface area (Å²) in [6.07, 6.45) is 2.65. The van der Waals surface area contributed by atoms with Crippen LogP contribution in [0.4, 0.5) is 5.13 Å².